The molecule has 3 rings (SSSR count). The van der Waals surface area contributed by atoms with Crippen LogP contribution < -0.4 is 10.2 Å². The molecule has 7 heteroatoms. The summed E-state index contributed by atoms with van der Waals surface area (Å²) in [5.41, 5.74) is 0.794. The van der Waals surface area contributed by atoms with Crippen molar-refractivity contribution in [2.75, 3.05) is 24.5 Å². The van der Waals surface area contributed by atoms with Gasteiger partial charge in [0.05, 0.1) is 16.5 Å². The van der Waals surface area contributed by atoms with Crippen molar-refractivity contribution in [2.45, 2.75) is 13.0 Å². The molecular formula is C13H15N5O2. The quantitative estimate of drug-likeness (QED) is 0.668. The van der Waals surface area contributed by atoms with Gasteiger partial charge in [0, 0.05) is 37.2 Å². The molecule has 20 heavy (non-hydrogen) atoms. The number of fused-ring (bicyclic) bond motifs is 1. The minimum atomic E-state index is -0.391. The maximum absolute atomic E-state index is 10.9. The van der Waals surface area contributed by atoms with Crippen LogP contribution in [0.2, 0.25) is 0 Å². The highest BCUT2D eigenvalue weighted by Gasteiger charge is 2.26. The highest BCUT2D eigenvalue weighted by Crippen LogP contribution is 2.28. The summed E-state index contributed by atoms with van der Waals surface area (Å²) in [5.74, 6) is 0.771. The number of nitrogens with one attached hydrogen (secondary N) is 1. The standard InChI is InChI=1S/C13H15N5O2/c1-2-17(10-6-14-7-10)13-11-5-9(18(19)20)3-4-12(11)15-8-16-13/h3-5,8,10,14H,2,6-7H2,1H3. The Morgan fingerprint density at radius 3 is 2.85 bits per heavy atom. The summed E-state index contributed by atoms with van der Waals surface area (Å²) in [7, 11) is 0. The van der Waals surface area contributed by atoms with Crippen molar-refractivity contribution in [1.29, 1.82) is 0 Å². The number of likely N-dealkylation sites (N-methyl/N-ethyl adjacent to an activating group) is 1. The highest BCUT2D eigenvalue weighted by atomic mass is 16.6. The predicted octanol–water partition coefficient (Wildman–Crippen LogP) is 1.34. The van der Waals surface area contributed by atoms with Crippen molar-refractivity contribution >= 4 is 22.4 Å². The first kappa shape index (κ1) is 12.7. The van der Waals surface area contributed by atoms with Crippen molar-refractivity contribution in [3.8, 4) is 0 Å². The van der Waals surface area contributed by atoms with Crippen molar-refractivity contribution < 1.29 is 4.92 Å². The van der Waals surface area contributed by atoms with Gasteiger partial charge in [0.1, 0.15) is 12.1 Å². The molecule has 1 fully saturated rings. The first-order chi connectivity index (χ1) is 9.70. The molecular weight excluding hydrogens is 258 g/mol. The molecule has 1 aromatic heterocycles. The van der Waals surface area contributed by atoms with Crippen LogP contribution in [0.25, 0.3) is 10.9 Å². The summed E-state index contributed by atoms with van der Waals surface area (Å²) in [6.45, 7) is 4.69. The van der Waals surface area contributed by atoms with Gasteiger partial charge in [-0.25, -0.2) is 9.97 Å². The van der Waals surface area contributed by atoms with E-state index in [1.54, 1.807) is 12.1 Å². The maximum Gasteiger partial charge on any atom is 0.270 e. The van der Waals surface area contributed by atoms with Crippen LogP contribution >= 0.6 is 0 Å². The SMILES string of the molecule is CCN(c1ncnc2ccc([N+](=O)[O-])cc12)C1CNC1. The molecule has 0 unspecified atom stereocenters. The third-order valence-corrected chi connectivity index (χ3v) is 3.62. The number of hydrogen-bond acceptors (Lipinski definition) is 6. The Labute approximate surface area is 115 Å². The van der Waals surface area contributed by atoms with E-state index in [9.17, 15) is 10.1 Å². The lowest BCUT2D eigenvalue weighted by atomic mass is 10.1. The minimum absolute atomic E-state index is 0.0661. The zero-order valence-electron chi connectivity index (χ0n) is 11.1. The van der Waals surface area contributed by atoms with Crippen molar-refractivity contribution in [1.82, 2.24) is 15.3 Å². The van der Waals surface area contributed by atoms with E-state index in [1.807, 2.05) is 0 Å². The number of aromatic nitrogens is 2. The fraction of sp³-hybridized carbons (Fsp3) is 0.385. The number of rotatable bonds is 4. The van der Waals surface area contributed by atoms with Crippen LogP contribution in [0, 0.1) is 10.1 Å². The van der Waals surface area contributed by atoms with Crippen LogP contribution in [0.5, 0.6) is 0 Å². The highest BCUT2D eigenvalue weighted by molar-refractivity contribution is 5.91. The monoisotopic (exact) mass is 273 g/mol. The Kier molecular flexibility index (Phi) is 3.19. The molecule has 2 heterocycles. The molecule has 0 bridgehead atoms. The second-order valence-electron chi connectivity index (χ2n) is 4.75. The Morgan fingerprint density at radius 1 is 1.45 bits per heavy atom. The Bertz CT molecular complexity index is 656. The van der Waals surface area contributed by atoms with Crippen molar-refractivity contribution in [2.24, 2.45) is 0 Å². The smallest absolute Gasteiger partial charge is 0.270 e. The Balaban J connectivity index is 2.13. The van der Waals surface area contributed by atoms with Crippen molar-refractivity contribution in [3.05, 3.63) is 34.6 Å². The fourth-order valence-electron chi connectivity index (χ4n) is 2.45. The van der Waals surface area contributed by atoms with E-state index in [1.165, 1.54) is 12.4 Å². The van der Waals surface area contributed by atoms with E-state index in [0.717, 1.165) is 36.4 Å². The molecule has 0 spiro atoms. The average Bonchev–Trinajstić information content (AvgIpc) is 2.41. The fourth-order valence-corrected chi connectivity index (χ4v) is 2.45. The number of nitro benzene ring substituents is 1. The zero-order valence-corrected chi connectivity index (χ0v) is 11.1. The summed E-state index contributed by atoms with van der Waals surface area (Å²) in [4.78, 5) is 21.2. The molecule has 1 N–H and O–H groups in total. The number of hydrogen-bond donors (Lipinski definition) is 1. The molecule has 0 radical (unpaired) electrons. The van der Waals surface area contributed by atoms with E-state index in [0.29, 0.717) is 6.04 Å². The van der Waals surface area contributed by atoms with Gasteiger partial charge in [-0.1, -0.05) is 0 Å². The topological polar surface area (TPSA) is 84.2 Å². The lowest BCUT2D eigenvalue weighted by molar-refractivity contribution is -0.384. The Morgan fingerprint density at radius 2 is 2.25 bits per heavy atom. The van der Waals surface area contributed by atoms with Gasteiger partial charge < -0.3 is 10.2 Å². The molecule has 2 aromatic rings. The van der Waals surface area contributed by atoms with E-state index < -0.39 is 4.92 Å². The van der Waals surface area contributed by atoms with Crippen LogP contribution in [0.1, 0.15) is 6.92 Å². The van der Waals surface area contributed by atoms with E-state index >= 15 is 0 Å². The van der Waals surface area contributed by atoms with Gasteiger partial charge in [0.15, 0.2) is 0 Å². The van der Waals surface area contributed by atoms with Crippen LogP contribution in [0.4, 0.5) is 11.5 Å². The molecule has 0 amide bonds. The first-order valence-electron chi connectivity index (χ1n) is 6.57. The minimum Gasteiger partial charge on any atom is -0.351 e. The number of nitro groups is 1. The largest absolute Gasteiger partial charge is 0.351 e. The Hall–Kier alpha value is -2.28. The molecule has 0 saturated carbocycles. The molecule has 1 aliphatic rings. The second-order valence-corrected chi connectivity index (χ2v) is 4.75. The van der Waals surface area contributed by atoms with E-state index in [4.69, 9.17) is 0 Å². The summed E-state index contributed by atoms with van der Waals surface area (Å²) >= 11 is 0. The normalized spacial score (nSPS) is 15.1. The molecule has 0 aliphatic carbocycles. The summed E-state index contributed by atoms with van der Waals surface area (Å²) < 4.78 is 0. The van der Waals surface area contributed by atoms with E-state index in [2.05, 4.69) is 27.1 Å². The van der Waals surface area contributed by atoms with Gasteiger partial charge in [-0.15, -0.1) is 0 Å². The molecule has 0 atom stereocenters. The van der Waals surface area contributed by atoms with Gasteiger partial charge in [-0.2, -0.15) is 0 Å². The summed E-state index contributed by atoms with van der Waals surface area (Å²) in [6, 6.07) is 5.09. The third kappa shape index (κ3) is 2.05. The molecule has 1 saturated heterocycles. The predicted molar refractivity (Wildman–Crippen MR) is 75.9 cm³/mol. The van der Waals surface area contributed by atoms with E-state index in [-0.39, 0.29) is 5.69 Å². The zero-order chi connectivity index (χ0) is 14.1. The molecule has 1 aliphatic heterocycles. The van der Waals surface area contributed by atoms with Crippen LogP contribution in [0.3, 0.4) is 0 Å². The second kappa shape index (κ2) is 5.01. The van der Waals surface area contributed by atoms with Crippen LogP contribution in [-0.4, -0.2) is 40.6 Å². The van der Waals surface area contributed by atoms with Gasteiger partial charge in [0.2, 0.25) is 0 Å². The maximum atomic E-state index is 10.9. The van der Waals surface area contributed by atoms with Crippen LogP contribution in [-0.2, 0) is 0 Å². The lowest BCUT2D eigenvalue weighted by Gasteiger charge is -2.38. The molecule has 104 valence electrons. The van der Waals surface area contributed by atoms with Crippen LogP contribution in [0.15, 0.2) is 24.5 Å². The average molecular weight is 273 g/mol. The number of nitrogens with zero attached hydrogens (tertiary/aromatic N) is 4. The van der Waals surface area contributed by atoms with Gasteiger partial charge >= 0.3 is 0 Å². The third-order valence-electron chi connectivity index (χ3n) is 3.62. The summed E-state index contributed by atoms with van der Waals surface area (Å²) in [5, 5.41) is 14.9. The van der Waals surface area contributed by atoms with Crippen molar-refractivity contribution in [3.63, 3.8) is 0 Å². The number of non-ortho nitro benzene ring substituents is 1. The number of benzene rings is 1. The van der Waals surface area contributed by atoms with Gasteiger partial charge in [0.25, 0.3) is 5.69 Å². The molecule has 1 aromatic carbocycles. The lowest BCUT2D eigenvalue weighted by Crippen LogP contribution is -2.57. The number of anilines is 1. The summed E-state index contributed by atoms with van der Waals surface area (Å²) in [6.07, 6.45) is 1.51. The van der Waals surface area contributed by atoms with Gasteiger partial charge in [-0.3, -0.25) is 10.1 Å². The first-order valence-corrected chi connectivity index (χ1v) is 6.57. The molecule has 7 nitrogen and oxygen atoms in total. The van der Waals surface area contributed by atoms with Gasteiger partial charge in [-0.05, 0) is 13.0 Å².